The number of hydrogen-bond acceptors (Lipinski definition) is 2. The Hall–Kier alpha value is -9.76. The molecule has 2 heteroatoms. The van der Waals surface area contributed by atoms with Crippen molar-refractivity contribution < 1.29 is 0 Å². The van der Waals surface area contributed by atoms with E-state index in [1.807, 2.05) is 0 Å². The number of fused-ring (bicyclic) bond motifs is 2. The normalized spacial score (nSPS) is 14.3. The average molecular weight is 1110 g/mol. The van der Waals surface area contributed by atoms with Crippen LogP contribution in [0.15, 0.2) is 230 Å². The van der Waals surface area contributed by atoms with E-state index in [4.69, 9.17) is 0 Å². The van der Waals surface area contributed by atoms with E-state index >= 15 is 0 Å². The molecule has 0 heterocycles. The zero-order valence-corrected chi connectivity index (χ0v) is 49.2. The SMILES string of the molecule is Cc1ccc(N(c2ccc(C=Cc3ccc(C=C4CCCCC4)cc3)cc2)c2c3cccc4c5cccc6c(N(c7ccc(C)cc7)c7ccc(C=Cc8ccc(C=C9CCCCC9)cc8)cc7)c7cccc8c9cccc2c9c(c34)c(c65)c78)cc1. The molecule has 0 amide bonds. The predicted molar refractivity (Wildman–Crippen MR) is 374 cm³/mol. The second-order valence-electron chi connectivity index (χ2n) is 24.6. The first-order valence-corrected chi connectivity index (χ1v) is 31.4. The van der Waals surface area contributed by atoms with Crippen LogP contribution in [0.3, 0.4) is 0 Å². The molecule has 14 aromatic carbocycles. The van der Waals surface area contributed by atoms with Gasteiger partial charge in [0, 0.05) is 76.6 Å². The Labute approximate surface area is 505 Å². The van der Waals surface area contributed by atoms with E-state index in [1.54, 1.807) is 11.1 Å². The summed E-state index contributed by atoms with van der Waals surface area (Å²) in [6, 6.07) is 82.9. The monoisotopic (exact) mass is 1100 g/mol. The maximum Gasteiger partial charge on any atom is 0.0619 e. The fourth-order valence-corrected chi connectivity index (χ4v) is 14.7. The number of anilines is 6. The Bertz CT molecular complexity index is 4470. The van der Waals surface area contributed by atoms with Crippen LogP contribution in [0.4, 0.5) is 34.1 Å². The molecule has 2 aliphatic rings. The van der Waals surface area contributed by atoms with Gasteiger partial charge in [0.05, 0.1) is 11.4 Å². The van der Waals surface area contributed by atoms with Gasteiger partial charge < -0.3 is 9.80 Å². The molecule has 2 fully saturated rings. The average Bonchev–Trinajstić information content (AvgIpc) is 0.704. The highest BCUT2D eigenvalue weighted by atomic mass is 15.2. The third-order valence-corrected chi connectivity index (χ3v) is 19.0. The van der Waals surface area contributed by atoms with E-state index < -0.39 is 0 Å². The van der Waals surface area contributed by atoms with E-state index in [9.17, 15) is 0 Å². The van der Waals surface area contributed by atoms with Crippen LogP contribution in [0, 0.1) is 13.8 Å². The van der Waals surface area contributed by atoms with Crippen molar-refractivity contribution in [3.05, 3.63) is 274 Å². The smallest absolute Gasteiger partial charge is 0.0619 e. The standard InChI is InChI=1S/C84H68N2/c1-55-25-45-65(46-26-55)85(67-49-41-59(42-50-67)31-29-57-33-37-63(38-34-57)53-61-13-5-3-6-14-61)83-73-21-9-17-69-71-19-11-23-75-79(71)82-80-72(70-18-10-22-74(83)78(70)81(82)77(69)73)20-12-24-76(80)84(75)86(66-47-27-56(2)28-48-66)68-51-43-60(44-52-68)32-30-58-35-39-64(40-36-58)54-62-15-7-4-8-16-62/h9-12,17-54H,3-8,13-16H2,1-2H3. The molecular formula is C84H68N2. The van der Waals surface area contributed by atoms with Gasteiger partial charge in [0.2, 0.25) is 0 Å². The largest absolute Gasteiger partial charge is 0.309 e. The van der Waals surface area contributed by atoms with Gasteiger partial charge >= 0.3 is 0 Å². The Morgan fingerprint density at radius 2 is 0.488 bits per heavy atom. The molecular weight excluding hydrogens is 1040 g/mol. The van der Waals surface area contributed by atoms with Crippen LogP contribution < -0.4 is 9.80 Å². The predicted octanol–water partition coefficient (Wildman–Crippen LogP) is 24.7. The summed E-state index contributed by atoms with van der Waals surface area (Å²) in [5.74, 6) is 0. The van der Waals surface area contributed by atoms with Crippen LogP contribution in [-0.2, 0) is 0 Å². The number of hydrogen-bond donors (Lipinski definition) is 0. The van der Waals surface area contributed by atoms with Gasteiger partial charge in [-0.1, -0.05) is 241 Å². The van der Waals surface area contributed by atoms with Crippen molar-refractivity contribution in [1.82, 2.24) is 0 Å². The molecule has 86 heavy (non-hydrogen) atoms. The van der Waals surface area contributed by atoms with Gasteiger partial charge in [-0.15, -0.1) is 0 Å². The summed E-state index contributed by atoms with van der Waals surface area (Å²) >= 11 is 0. The van der Waals surface area contributed by atoms with E-state index in [1.165, 1.54) is 195 Å². The molecule has 0 atom stereocenters. The quantitative estimate of drug-likeness (QED) is 0.0683. The Morgan fingerprint density at radius 3 is 0.779 bits per heavy atom. The summed E-state index contributed by atoms with van der Waals surface area (Å²) in [6.07, 6.45) is 26.8. The Balaban J connectivity index is 0.840. The lowest BCUT2D eigenvalue weighted by atomic mass is 9.79. The first-order chi connectivity index (χ1) is 42.5. The van der Waals surface area contributed by atoms with E-state index in [0.29, 0.717) is 0 Å². The zero-order chi connectivity index (χ0) is 57.2. The van der Waals surface area contributed by atoms with Gasteiger partial charge in [0.25, 0.3) is 0 Å². The fourth-order valence-electron chi connectivity index (χ4n) is 14.7. The van der Waals surface area contributed by atoms with E-state index in [2.05, 4.69) is 278 Å². The lowest BCUT2D eigenvalue weighted by Crippen LogP contribution is -2.13. The second-order valence-corrected chi connectivity index (χ2v) is 24.6. The van der Waals surface area contributed by atoms with Crippen LogP contribution in [0.25, 0.3) is 112 Å². The maximum atomic E-state index is 2.53. The molecule has 0 saturated heterocycles. The summed E-state index contributed by atoms with van der Waals surface area (Å²) < 4.78 is 0. The molecule has 16 rings (SSSR count). The van der Waals surface area contributed by atoms with Crippen molar-refractivity contribution in [3.63, 3.8) is 0 Å². The van der Waals surface area contributed by atoms with Crippen LogP contribution in [0.1, 0.15) is 109 Å². The van der Waals surface area contributed by atoms with Crippen molar-refractivity contribution in [3.8, 4) is 0 Å². The molecule has 0 N–H and O–H groups in total. The first kappa shape index (κ1) is 51.8. The molecule has 14 aromatic rings. The van der Waals surface area contributed by atoms with Gasteiger partial charge in [-0.2, -0.15) is 0 Å². The highest BCUT2D eigenvalue weighted by molar-refractivity contribution is 6.51. The summed E-state index contributed by atoms with van der Waals surface area (Å²) in [5, 5.41) is 18.0. The van der Waals surface area contributed by atoms with Gasteiger partial charge in [0.15, 0.2) is 0 Å². The molecule has 2 saturated carbocycles. The third-order valence-electron chi connectivity index (χ3n) is 19.0. The minimum atomic E-state index is 1.12. The van der Waals surface area contributed by atoms with Gasteiger partial charge in [-0.3, -0.25) is 0 Å². The van der Waals surface area contributed by atoms with Crippen molar-refractivity contribution in [2.45, 2.75) is 78.1 Å². The Morgan fingerprint density at radius 1 is 0.244 bits per heavy atom. The molecule has 0 unspecified atom stereocenters. The lowest BCUT2D eigenvalue weighted by molar-refractivity contribution is 0.602. The van der Waals surface area contributed by atoms with E-state index in [0.717, 1.165) is 22.7 Å². The fraction of sp³-hybridized carbons (Fsp3) is 0.143. The van der Waals surface area contributed by atoms with Gasteiger partial charge in [-0.25, -0.2) is 0 Å². The molecule has 414 valence electrons. The summed E-state index contributed by atoms with van der Waals surface area (Å²) in [5.41, 5.74) is 19.9. The molecule has 2 aliphatic carbocycles. The number of aryl methyl sites for hydroxylation is 2. The minimum Gasteiger partial charge on any atom is -0.309 e. The summed E-state index contributed by atoms with van der Waals surface area (Å²) in [6.45, 7) is 4.36. The Kier molecular flexibility index (Phi) is 13.1. The number of allylic oxidation sites excluding steroid dienone is 2. The second kappa shape index (κ2) is 21.7. The number of benzene rings is 14. The molecule has 2 nitrogen and oxygen atoms in total. The highest BCUT2D eigenvalue weighted by Gasteiger charge is 2.30. The summed E-state index contributed by atoms with van der Waals surface area (Å²) in [4.78, 5) is 5.05. The lowest BCUT2D eigenvalue weighted by Gasteiger charge is -2.33. The third kappa shape index (κ3) is 9.18. The van der Waals surface area contributed by atoms with Crippen LogP contribution in [0.2, 0.25) is 0 Å². The molecule has 0 spiro atoms. The molecule has 0 aliphatic heterocycles. The van der Waals surface area contributed by atoms with E-state index in [-0.39, 0.29) is 0 Å². The van der Waals surface area contributed by atoms with Crippen LogP contribution in [0.5, 0.6) is 0 Å². The highest BCUT2D eigenvalue weighted by Crippen LogP contribution is 2.58. The van der Waals surface area contributed by atoms with Crippen molar-refractivity contribution in [2.75, 3.05) is 9.80 Å². The topological polar surface area (TPSA) is 6.48 Å². The molecule has 0 aromatic heterocycles. The maximum absolute atomic E-state index is 2.53. The van der Waals surface area contributed by atoms with Crippen LogP contribution >= 0.6 is 0 Å². The van der Waals surface area contributed by atoms with Crippen molar-refractivity contribution in [2.24, 2.45) is 0 Å². The molecule has 0 bridgehead atoms. The first-order valence-electron chi connectivity index (χ1n) is 31.4. The summed E-state index contributed by atoms with van der Waals surface area (Å²) in [7, 11) is 0. The molecule has 0 radical (unpaired) electrons. The van der Waals surface area contributed by atoms with Crippen molar-refractivity contribution in [1.29, 1.82) is 0 Å². The van der Waals surface area contributed by atoms with Crippen molar-refractivity contribution >= 4 is 146 Å². The van der Waals surface area contributed by atoms with Gasteiger partial charge in [-0.05, 0) is 169 Å². The minimum absolute atomic E-state index is 1.12. The van der Waals surface area contributed by atoms with Gasteiger partial charge in [0.1, 0.15) is 0 Å². The zero-order valence-electron chi connectivity index (χ0n) is 49.2. The van der Waals surface area contributed by atoms with Crippen LogP contribution in [-0.4, -0.2) is 0 Å². The number of nitrogens with zero attached hydrogens (tertiary/aromatic N) is 2. The number of rotatable bonds is 12.